The van der Waals surface area contributed by atoms with E-state index in [1.165, 1.54) is 32.1 Å². The van der Waals surface area contributed by atoms with E-state index in [-0.39, 0.29) is 6.10 Å². The van der Waals surface area contributed by atoms with Crippen molar-refractivity contribution < 1.29 is 9.47 Å². The monoisotopic (exact) mass is 257 g/mol. The van der Waals surface area contributed by atoms with E-state index in [0.717, 1.165) is 13.2 Å². The predicted molar refractivity (Wildman–Crippen MR) is 75.9 cm³/mol. The Labute approximate surface area is 113 Å². The van der Waals surface area contributed by atoms with Gasteiger partial charge in [-0.15, -0.1) is 0 Å². The highest BCUT2D eigenvalue weighted by Crippen LogP contribution is 2.29. The molecule has 0 heterocycles. The summed E-state index contributed by atoms with van der Waals surface area (Å²) in [5, 5.41) is 3.39. The van der Waals surface area contributed by atoms with Crippen molar-refractivity contribution in [1.82, 2.24) is 5.32 Å². The van der Waals surface area contributed by atoms with E-state index in [0.29, 0.717) is 18.1 Å². The zero-order valence-electron chi connectivity index (χ0n) is 12.6. The fraction of sp³-hybridized carbons (Fsp3) is 1.00. The van der Waals surface area contributed by atoms with Gasteiger partial charge < -0.3 is 14.8 Å². The summed E-state index contributed by atoms with van der Waals surface area (Å²) in [7, 11) is 2.02. The standard InChI is InChI=1S/C15H31NO2/c1-5-17-15(13-9-7-6-8-10-13)14(16-4)11-18-12(2)3/h12-16H,5-11H2,1-4H3. The van der Waals surface area contributed by atoms with Crippen molar-refractivity contribution in [3.8, 4) is 0 Å². The minimum Gasteiger partial charge on any atom is -0.377 e. The van der Waals surface area contributed by atoms with Crippen LogP contribution in [-0.2, 0) is 9.47 Å². The predicted octanol–water partition coefficient (Wildman–Crippen LogP) is 2.98. The Morgan fingerprint density at radius 1 is 1.11 bits per heavy atom. The highest BCUT2D eigenvalue weighted by molar-refractivity contribution is 4.84. The van der Waals surface area contributed by atoms with Gasteiger partial charge in [0.1, 0.15) is 0 Å². The molecular weight excluding hydrogens is 226 g/mol. The van der Waals surface area contributed by atoms with Gasteiger partial charge in [-0.3, -0.25) is 0 Å². The van der Waals surface area contributed by atoms with Crippen molar-refractivity contribution in [2.75, 3.05) is 20.3 Å². The van der Waals surface area contributed by atoms with Crippen LogP contribution in [0.15, 0.2) is 0 Å². The van der Waals surface area contributed by atoms with E-state index >= 15 is 0 Å². The zero-order valence-corrected chi connectivity index (χ0v) is 12.6. The fourth-order valence-corrected chi connectivity index (χ4v) is 2.87. The first-order valence-corrected chi connectivity index (χ1v) is 7.59. The van der Waals surface area contributed by atoms with E-state index in [4.69, 9.17) is 9.47 Å². The first-order valence-electron chi connectivity index (χ1n) is 7.59. The molecule has 0 aromatic rings. The van der Waals surface area contributed by atoms with Crippen LogP contribution in [0.25, 0.3) is 0 Å². The van der Waals surface area contributed by atoms with Crippen molar-refractivity contribution in [2.45, 2.75) is 71.1 Å². The second-order valence-corrected chi connectivity index (χ2v) is 5.60. The van der Waals surface area contributed by atoms with Gasteiger partial charge >= 0.3 is 0 Å². The maximum atomic E-state index is 6.02. The van der Waals surface area contributed by atoms with Gasteiger partial charge in [-0.2, -0.15) is 0 Å². The highest BCUT2D eigenvalue weighted by atomic mass is 16.5. The smallest absolute Gasteiger partial charge is 0.0778 e. The lowest BCUT2D eigenvalue weighted by Gasteiger charge is -2.35. The van der Waals surface area contributed by atoms with E-state index in [1.54, 1.807) is 0 Å². The molecule has 1 aliphatic carbocycles. The first-order chi connectivity index (χ1) is 8.69. The molecule has 0 aromatic carbocycles. The molecule has 0 bridgehead atoms. The Morgan fingerprint density at radius 2 is 1.78 bits per heavy atom. The summed E-state index contributed by atoms with van der Waals surface area (Å²) in [6.45, 7) is 7.80. The number of hydrogen-bond donors (Lipinski definition) is 1. The minimum absolute atomic E-state index is 0.287. The van der Waals surface area contributed by atoms with E-state index < -0.39 is 0 Å². The minimum atomic E-state index is 0.287. The Kier molecular flexibility index (Phi) is 7.87. The molecule has 3 nitrogen and oxygen atoms in total. The summed E-state index contributed by atoms with van der Waals surface area (Å²) < 4.78 is 11.8. The second kappa shape index (κ2) is 8.89. The first kappa shape index (κ1) is 15.9. The van der Waals surface area contributed by atoms with Crippen LogP contribution in [-0.4, -0.2) is 38.5 Å². The molecule has 0 aliphatic heterocycles. The summed E-state index contributed by atoms with van der Waals surface area (Å²) in [5.41, 5.74) is 0. The van der Waals surface area contributed by atoms with Gasteiger partial charge in [0, 0.05) is 6.61 Å². The molecule has 18 heavy (non-hydrogen) atoms. The average Bonchev–Trinajstić information content (AvgIpc) is 2.39. The molecule has 1 rings (SSSR count). The third-order valence-corrected chi connectivity index (χ3v) is 3.85. The summed E-state index contributed by atoms with van der Waals surface area (Å²) in [6, 6.07) is 0.315. The molecule has 3 heteroatoms. The Hall–Kier alpha value is -0.120. The van der Waals surface area contributed by atoms with Gasteiger partial charge in [-0.05, 0) is 46.6 Å². The Morgan fingerprint density at radius 3 is 2.28 bits per heavy atom. The third kappa shape index (κ3) is 5.25. The van der Waals surface area contributed by atoms with Crippen LogP contribution >= 0.6 is 0 Å². The maximum Gasteiger partial charge on any atom is 0.0778 e. The Bertz CT molecular complexity index is 203. The van der Waals surface area contributed by atoms with E-state index in [1.807, 2.05) is 7.05 Å². The molecule has 0 aromatic heterocycles. The summed E-state index contributed by atoms with van der Waals surface area (Å²) >= 11 is 0. The molecule has 2 unspecified atom stereocenters. The van der Waals surface area contributed by atoms with Crippen molar-refractivity contribution in [1.29, 1.82) is 0 Å². The maximum absolute atomic E-state index is 6.02. The van der Waals surface area contributed by atoms with Gasteiger partial charge in [0.15, 0.2) is 0 Å². The van der Waals surface area contributed by atoms with Gasteiger partial charge in [-0.1, -0.05) is 19.3 Å². The van der Waals surface area contributed by atoms with Crippen LogP contribution < -0.4 is 5.32 Å². The summed E-state index contributed by atoms with van der Waals surface area (Å²) in [5.74, 6) is 0.701. The molecule has 0 spiro atoms. The van der Waals surface area contributed by atoms with Gasteiger partial charge in [0.2, 0.25) is 0 Å². The van der Waals surface area contributed by atoms with Gasteiger partial charge in [0.25, 0.3) is 0 Å². The zero-order chi connectivity index (χ0) is 13.4. The topological polar surface area (TPSA) is 30.5 Å². The van der Waals surface area contributed by atoms with Crippen molar-refractivity contribution in [3.05, 3.63) is 0 Å². The second-order valence-electron chi connectivity index (χ2n) is 5.60. The Balaban J connectivity index is 2.54. The molecule has 108 valence electrons. The molecule has 1 N–H and O–H groups in total. The molecule has 2 atom stereocenters. The number of likely N-dealkylation sites (N-methyl/N-ethyl adjacent to an activating group) is 1. The SMILES string of the molecule is CCOC(C1CCCCC1)C(COC(C)C)NC. The lowest BCUT2D eigenvalue weighted by molar-refractivity contribution is -0.0462. The van der Waals surface area contributed by atoms with Crippen LogP contribution in [0.4, 0.5) is 0 Å². The van der Waals surface area contributed by atoms with Gasteiger partial charge in [-0.25, -0.2) is 0 Å². The number of hydrogen-bond acceptors (Lipinski definition) is 3. The molecule has 0 amide bonds. The summed E-state index contributed by atoms with van der Waals surface area (Å²) in [6.07, 6.45) is 7.32. The van der Waals surface area contributed by atoms with Crippen molar-refractivity contribution in [2.24, 2.45) is 5.92 Å². The van der Waals surface area contributed by atoms with Crippen LogP contribution in [0.2, 0.25) is 0 Å². The molecule has 0 radical (unpaired) electrons. The fourth-order valence-electron chi connectivity index (χ4n) is 2.87. The van der Waals surface area contributed by atoms with E-state index in [9.17, 15) is 0 Å². The molecular formula is C15H31NO2. The molecule has 1 fully saturated rings. The van der Waals surface area contributed by atoms with Crippen LogP contribution in [0.1, 0.15) is 52.9 Å². The third-order valence-electron chi connectivity index (χ3n) is 3.85. The summed E-state index contributed by atoms with van der Waals surface area (Å²) in [4.78, 5) is 0. The largest absolute Gasteiger partial charge is 0.377 e. The molecule has 1 aliphatic rings. The van der Waals surface area contributed by atoms with Crippen molar-refractivity contribution >= 4 is 0 Å². The lowest BCUT2D eigenvalue weighted by atomic mass is 9.82. The average molecular weight is 257 g/mol. The normalized spacial score (nSPS) is 21.2. The van der Waals surface area contributed by atoms with Crippen LogP contribution in [0.5, 0.6) is 0 Å². The van der Waals surface area contributed by atoms with Crippen LogP contribution in [0.3, 0.4) is 0 Å². The van der Waals surface area contributed by atoms with Gasteiger partial charge in [0.05, 0.1) is 24.9 Å². The number of nitrogens with one attached hydrogen (secondary N) is 1. The highest BCUT2D eigenvalue weighted by Gasteiger charge is 2.30. The lowest BCUT2D eigenvalue weighted by Crippen LogP contribution is -2.47. The molecule has 0 saturated heterocycles. The van der Waals surface area contributed by atoms with Crippen LogP contribution in [0, 0.1) is 5.92 Å². The van der Waals surface area contributed by atoms with Crippen molar-refractivity contribution in [3.63, 3.8) is 0 Å². The number of ether oxygens (including phenoxy) is 2. The number of rotatable bonds is 8. The molecule has 1 saturated carbocycles. The van der Waals surface area contributed by atoms with E-state index in [2.05, 4.69) is 26.1 Å². The quantitative estimate of drug-likeness (QED) is 0.725.